The van der Waals surface area contributed by atoms with Gasteiger partial charge >= 0.3 is 18.0 Å². The van der Waals surface area contributed by atoms with E-state index in [1.165, 1.54) is 0 Å². The third-order valence-corrected chi connectivity index (χ3v) is 2.59. The molecule has 21 heavy (non-hydrogen) atoms. The number of para-hydroxylation sites is 1. The van der Waals surface area contributed by atoms with Gasteiger partial charge in [-0.25, -0.2) is 14.4 Å². The first-order chi connectivity index (χ1) is 10.1. The van der Waals surface area contributed by atoms with Crippen LogP contribution in [0.1, 0.15) is 0 Å². The zero-order valence-electron chi connectivity index (χ0n) is 11.1. The Hall–Kier alpha value is -2.83. The van der Waals surface area contributed by atoms with Gasteiger partial charge in [0.15, 0.2) is 0 Å². The largest absolute Gasteiger partial charge is 0.460 e. The lowest BCUT2D eigenvalue weighted by molar-refractivity contribution is -0.139. The van der Waals surface area contributed by atoms with Crippen LogP contribution in [0, 0.1) is 0 Å². The third-order valence-electron chi connectivity index (χ3n) is 2.59. The SMILES string of the molecule is O=C1NCC(COC(=O)/C=C/C(=O)Oc2ccccc2)N1. The maximum atomic E-state index is 11.4. The first kappa shape index (κ1) is 14.6. The Balaban J connectivity index is 1.71. The minimum absolute atomic E-state index is 0.0373. The van der Waals surface area contributed by atoms with Crippen LogP contribution in [-0.4, -0.2) is 37.2 Å². The van der Waals surface area contributed by atoms with E-state index in [-0.39, 0.29) is 18.7 Å². The summed E-state index contributed by atoms with van der Waals surface area (Å²) in [5.74, 6) is -0.963. The van der Waals surface area contributed by atoms with Crippen molar-refractivity contribution in [3.05, 3.63) is 42.5 Å². The molecule has 1 fully saturated rings. The Kier molecular flexibility index (Phi) is 4.92. The molecule has 0 aromatic heterocycles. The normalized spacial score (nSPS) is 17.1. The fourth-order valence-corrected chi connectivity index (χ4v) is 1.61. The molecule has 0 aliphatic carbocycles. The maximum Gasteiger partial charge on any atom is 0.336 e. The quantitative estimate of drug-likeness (QED) is 0.464. The summed E-state index contributed by atoms with van der Waals surface area (Å²) >= 11 is 0. The molecule has 7 nitrogen and oxygen atoms in total. The summed E-state index contributed by atoms with van der Waals surface area (Å²) < 4.78 is 9.84. The molecule has 7 heteroatoms. The van der Waals surface area contributed by atoms with Crippen LogP contribution < -0.4 is 15.4 Å². The molecule has 1 aromatic carbocycles. The molecule has 2 N–H and O–H groups in total. The van der Waals surface area contributed by atoms with E-state index in [1.54, 1.807) is 30.3 Å². The lowest BCUT2D eigenvalue weighted by Crippen LogP contribution is -2.31. The number of nitrogens with one attached hydrogen (secondary N) is 2. The summed E-state index contributed by atoms with van der Waals surface area (Å²) in [5, 5.41) is 5.10. The van der Waals surface area contributed by atoms with Crippen LogP contribution in [0.2, 0.25) is 0 Å². The lowest BCUT2D eigenvalue weighted by atomic mass is 10.3. The molecule has 2 rings (SSSR count). The number of hydrogen-bond donors (Lipinski definition) is 2. The van der Waals surface area contributed by atoms with Crippen molar-refractivity contribution < 1.29 is 23.9 Å². The van der Waals surface area contributed by atoms with E-state index in [4.69, 9.17) is 9.47 Å². The lowest BCUT2D eigenvalue weighted by Gasteiger charge is -2.07. The fourth-order valence-electron chi connectivity index (χ4n) is 1.61. The highest BCUT2D eigenvalue weighted by Crippen LogP contribution is 2.08. The molecule has 1 heterocycles. The van der Waals surface area contributed by atoms with Crippen LogP contribution in [0.25, 0.3) is 0 Å². The van der Waals surface area contributed by atoms with Crippen LogP contribution in [-0.2, 0) is 14.3 Å². The van der Waals surface area contributed by atoms with Crippen molar-refractivity contribution >= 4 is 18.0 Å². The van der Waals surface area contributed by atoms with Gasteiger partial charge < -0.3 is 20.1 Å². The van der Waals surface area contributed by atoms with Gasteiger partial charge in [0.25, 0.3) is 0 Å². The van der Waals surface area contributed by atoms with Crippen molar-refractivity contribution in [2.75, 3.05) is 13.2 Å². The van der Waals surface area contributed by atoms with E-state index < -0.39 is 11.9 Å². The molecule has 1 aliphatic heterocycles. The van der Waals surface area contributed by atoms with Gasteiger partial charge in [0.2, 0.25) is 0 Å². The van der Waals surface area contributed by atoms with Crippen molar-refractivity contribution in [3.8, 4) is 5.75 Å². The molecule has 0 saturated carbocycles. The van der Waals surface area contributed by atoms with E-state index in [0.717, 1.165) is 12.2 Å². The van der Waals surface area contributed by atoms with Crippen LogP contribution in [0.15, 0.2) is 42.5 Å². The number of hydrogen-bond acceptors (Lipinski definition) is 5. The van der Waals surface area contributed by atoms with Crippen LogP contribution in [0.3, 0.4) is 0 Å². The van der Waals surface area contributed by atoms with E-state index in [0.29, 0.717) is 12.3 Å². The summed E-state index contributed by atoms with van der Waals surface area (Å²) in [6.07, 6.45) is 1.97. The second-order valence-corrected chi connectivity index (χ2v) is 4.25. The molecule has 0 bridgehead atoms. The van der Waals surface area contributed by atoms with Crippen LogP contribution in [0.5, 0.6) is 5.75 Å². The number of amides is 2. The summed E-state index contributed by atoms with van der Waals surface area (Å²) in [4.78, 5) is 33.7. The zero-order chi connectivity index (χ0) is 15.1. The second-order valence-electron chi connectivity index (χ2n) is 4.25. The van der Waals surface area contributed by atoms with Crippen molar-refractivity contribution in [1.82, 2.24) is 10.6 Å². The summed E-state index contributed by atoms with van der Waals surface area (Å²) in [7, 11) is 0. The molecule has 1 atom stereocenters. The van der Waals surface area contributed by atoms with Gasteiger partial charge in [-0.3, -0.25) is 0 Å². The van der Waals surface area contributed by atoms with Crippen molar-refractivity contribution in [2.24, 2.45) is 0 Å². The molecule has 0 spiro atoms. The molecule has 1 unspecified atom stereocenters. The van der Waals surface area contributed by atoms with Crippen molar-refractivity contribution in [3.63, 3.8) is 0 Å². The average molecular weight is 290 g/mol. The predicted octanol–water partition coefficient (Wildman–Crippen LogP) is 0.373. The van der Waals surface area contributed by atoms with E-state index >= 15 is 0 Å². The molecule has 2 amide bonds. The third kappa shape index (κ3) is 4.98. The second kappa shape index (κ2) is 7.09. The standard InChI is InChI=1S/C14H14N2O5/c17-12(20-9-10-8-15-14(19)16-10)6-7-13(18)21-11-4-2-1-3-5-11/h1-7,10H,8-9H2,(H2,15,16,19)/b7-6+. The Morgan fingerprint density at radius 1 is 1.19 bits per heavy atom. The molecule has 110 valence electrons. The summed E-state index contributed by atoms with van der Waals surface area (Å²) in [5.41, 5.74) is 0. The average Bonchev–Trinajstić information content (AvgIpc) is 2.90. The highest BCUT2D eigenvalue weighted by atomic mass is 16.5. The van der Waals surface area contributed by atoms with Gasteiger partial charge in [0.05, 0.1) is 6.04 Å². The molecule has 1 aliphatic rings. The topological polar surface area (TPSA) is 93.7 Å². The fraction of sp³-hybridized carbons (Fsp3) is 0.214. The number of benzene rings is 1. The highest BCUT2D eigenvalue weighted by molar-refractivity contribution is 5.92. The monoisotopic (exact) mass is 290 g/mol. The van der Waals surface area contributed by atoms with Crippen LogP contribution >= 0.6 is 0 Å². The van der Waals surface area contributed by atoms with Crippen LogP contribution in [0.4, 0.5) is 4.79 Å². The van der Waals surface area contributed by atoms with Gasteiger partial charge in [-0.2, -0.15) is 0 Å². The molecular formula is C14H14N2O5. The number of carbonyl (C=O) groups is 3. The Labute approximate surface area is 120 Å². The summed E-state index contributed by atoms with van der Waals surface area (Å²) in [6, 6.07) is 7.94. The van der Waals surface area contributed by atoms with Gasteiger partial charge in [0.1, 0.15) is 12.4 Å². The first-order valence-corrected chi connectivity index (χ1v) is 6.29. The minimum atomic E-state index is -0.679. The minimum Gasteiger partial charge on any atom is -0.460 e. The van der Waals surface area contributed by atoms with Gasteiger partial charge in [-0.1, -0.05) is 18.2 Å². The molecule has 1 saturated heterocycles. The Bertz CT molecular complexity index is 556. The number of urea groups is 1. The molecule has 0 radical (unpaired) electrons. The van der Waals surface area contributed by atoms with E-state index in [2.05, 4.69) is 10.6 Å². The Morgan fingerprint density at radius 2 is 1.90 bits per heavy atom. The number of ether oxygens (including phenoxy) is 2. The van der Waals surface area contributed by atoms with E-state index in [1.807, 2.05) is 0 Å². The van der Waals surface area contributed by atoms with Gasteiger partial charge in [-0.15, -0.1) is 0 Å². The Morgan fingerprint density at radius 3 is 2.57 bits per heavy atom. The molecule has 1 aromatic rings. The highest BCUT2D eigenvalue weighted by Gasteiger charge is 2.20. The van der Waals surface area contributed by atoms with Gasteiger partial charge in [-0.05, 0) is 12.1 Å². The summed E-state index contributed by atoms with van der Waals surface area (Å²) in [6.45, 7) is 0.432. The molecular weight excluding hydrogens is 276 g/mol. The van der Waals surface area contributed by atoms with Crippen molar-refractivity contribution in [2.45, 2.75) is 6.04 Å². The first-order valence-electron chi connectivity index (χ1n) is 6.29. The number of carbonyl (C=O) groups excluding carboxylic acids is 3. The van der Waals surface area contributed by atoms with E-state index in [9.17, 15) is 14.4 Å². The predicted molar refractivity (Wildman–Crippen MR) is 72.5 cm³/mol. The van der Waals surface area contributed by atoms with Gasteiger partial charge in [0, 0.05) is 18.7 Å². The smallest absolute Gasteiger partial charge is 0.336 e. The van der Waals surface area contributed by atoms with Crippen molar-refractivity contribution in [1.29, 1.82) is 0 Å². The maximum absolute atomic E-state index is 11.4. The number of rotatable bonds is 5. The number of esters is 2. The zero-order valence-corrected chi connectivity index (χ0v) is 11.1.